The van der Waals surface area contributed by atoms with Crippen LogP contribution in [0.4, 0.5) is 0 Å². The lowest BCUT2D eigenvalue weighted by Gasteiger charge is -2.07. The molecule has 0 aromatic rings. The molecule has 0 spiro atoms. The van der Waals surface area contributed by atoms with Crippen molar-refractivity contribution in [1.82, 2.24) is 5.32 Å². The van der Waals surface area contributed by atoms with E-state index in [2.05, 4.69) is 26.1 Å². The third kappa shape index (κ3) is 20.1. The molecule has 0 saturated carbocycles. The maximum absolute atomic E-state index is 3.45. The molecule has 0 amide bonds. The standard InChI is InChI=1S/C12H27N.C2H6/c1-4-5-6-7-8-9-10-11-13-12(2)3;1-2/h12-13H,4-11H2,1-3H3;1-2H3. The molecule has 1 nitrogen and oxygen atoms in total. The molecule has 0 heterocycles. The van der Waals surface area contributed by atoms with Gasteiger partial charge in [0.25, 0.3) is 0 Å². The van der Waals surface area contributed by atoms with Gasteiger partial charge >= 0.3 is 0 Å². The Morgan fingerprint density at radius 3 is 1.73 bits per heavy atom. The van der Waals surface area contributed by atoms with Crippen LogP contribution in [0.25, 0.3) is 0 Å². The average molecular weight is 215 g/mol. The monoisotopic (exact) mass is 215 g/mol. The van der Waals surface area contributed by atoms with Crippen LogP contribution in [-0.2, 0) is 0 Å². The smallest absolute Gasteiger partial charge is 0.00103 e. The predicted molar refractivity (Wildman–Crippen MR) is 72.5 cm³/mol. The Kier molecular flexibility index (Phi) is 19.0. The van der Waals surface area contributed by atoms with E-state index in [1.54, 1.807) is 0 Å². The molecule has 1 N–H and O–H groups in total. The molecule has 0 saturated heterocycles. The minimum Gasteiger partial charge on any atom is -0.315 e. The number of hydrogen-bond acceptors (Lipinski definition) is 1. The van der Waals surface area contributed by atoms with Crippen molar-refractivity contribution in [3.8, 4) is 0 Å². The molecule has 94 valence electrons. The number of nitrogens with one attached hydrogen (secondary N) is 1. The first-order valence-electron chi connectivity index (χ1n) is 7.00. The van der Waals surface area contributed by atoms with Crippen LogP contribution in [0.5, 0.6) is 0 Å². The summed E-state index contributed by atoms with van der Waals surface area (Å²) in [6.07, 6.45) is 9.84. The Morgan fingerprint density at radius 2 is 1.27 bits per heavy atom. The molecular weight excluding hydrogens is 182 g/mol. The fourth-order valence-corrected chi connectivity index (χ4v) is 1.47. The third-order valence-electron chi connectivity index (χ3n) is 2.33. The summed E-state index contributed by atoms with van der Waals surface area (Å²) in [5, 5.41) is 3.45. The van der Waals surface area contributed by atoms with E-state index in [9.17, 15) is 0 Å². The van der Waals surface area contributed by atoms with Crippen LogP contribution in [-0.4, -0.2) is 12.6 Å². The Labute approximate surface area is 98.0 Å². The Bertz CT molecular complexity index is 89.3. The van der Waals surface area contributed by atoms with Crippen molar-refractivity contribution in [2.45, 2.75) is 85.6 Å². The number of unbranched alkanes of at least 4 members (excludes halogenated alkanes) is 6. The molecule has 1 heteroatoms. The zero-order chi connectivity index (χ0) is 11.9. The van der Waals surface area contributed by atoms with Crippen LogP contribution in [0.3, 0.4) is 0 Å². The molecule has 15 heavy (non-hydrogen) atoms. The first-order valence-corrected chi connectivity index (χ1v) is 7.00. The molecule has 0 aromatic heterocycles. The number of rotatable bonds is 9. The largest absolute Gasteiger partial charge is 0.315 e. The van der Waals surface area contributed by atoms with Crippen molar-refractivity contribution in [3.05, 3.63) is 0 Å². The van der Waals surface area contributed by atoms with Crippen LogP contribution in [0.15, 0.2) is 0 Å². The lowest BCUT2D eigenvalue weighted by molar-refractivity contribution is 0.531. The van der Waals surface area contributed by atoms with E-state index in [-0.39, 0.29) is 0 Å². The summed E-state index contributed by atoms with van der Waals surface area (Å²) in [7, 11) is 0. The highest BCUT2D eigenvalue weighted by molar-refractivity contribution is 4.53. The maximum atomic E-state index is 3.45. The van der Waals surface area contributed by atoms with Crippen molar-refractivity contribution in [1.29, 1.82) is 0 Å². The van der Waals surface area contributed by atoms with E-state index in [1.165, 1.54) is 51.5 Å². The molecule has 0 aliphatic carbocycles. The van der Waals surface area contributed by atoms with E-state index in [4.69, 9.17) is 0 Å². The SMILES string of the molecule is CC.CCCCCCCCCNC(C)C. The van der Waals surface area contributed by atoms with Gasteiger partial charge in [0, 0.05) is 6.04 Å². The second kappa shape index (κ2) is 16.4. The summed E-state index contributed by atoms with van der Waals surface area (Å²) < 4.78 is 0. The molecule has 0 unspecified atom stereocenters. The van der Waals surface area contributed by atoms with Crippen LogP contribution in [0, 0.1) is 0 Å². The highest BCUT2D eigenvalue weighted by atomic mass is 14.9. The summed E-state index contributed by atoms with van der Waals surface area (Å²) in [6.45, 7) is 11.9. The van der Waals surface area contributed by atoms with Gasteiger partial charge in [0.15, 0.2) is 0 Å². The van der Waals surface area contributed by atoms with Crippen LogP contribution < -0.4 is 5.32 Å². The Morgan fingerprint density at radius 1 is 0.800 bits per heavy atom. The van der Waals surface area contributed by atoms with Crippen LogP contribution in [0.2, 0.25) is 0 Å². The summed E-state index contributed by atoms with van der Waals surface area (Å²) in [4.78, 5) is 0. The second-order valence-electron chi connectivity index (χ2n) is 4.23. The lowest BCUT2D eigenvalue weighted by atomic mass is 10.1. The normalized spacial score (nSPS) is 10.0. The fourth-order valence-electron chi connectivity index (χ4n) is 1.47. The van der Waals surface area contributed by atoms with Crippen molar-refractivity contribution in [2.75, 3.05) is 6.54 Å². The van der Waals surface area contributed by atoms with Gasteiger partial charge in [-0.05, 0) is 13.0 Å². The topological polar surface area (TPSA) is 12.0 Å². The van der Waals surface area contributed by atoms with E-state index in [0.717, 1.165) is 0 Å². The first-order chi connectivity index (χ1) is 7.27. The van der Waals surface area contributed by atoms with E-state index >= 15 is 0 Å². The summed E-state index contributed by atoms with van der Waals surface area (Å²) in [5.74, 6) is 0. The van der Waals surface area contributed by atoms with Crippen molar-refractivity contribution < 1.29 is 0 Å². The van der Waals surface area contributed by atoms with Crippen molar-refractivity contribution in [3.63, 3.8) is 0 Å². The van der Waals surface area contributed by atoms with Gasteiger partial charge in [-0.1, -0.05) is 73.1 Å². The second-order valence-corrected chi connectivity index (χ2v) is 4.23. The van der Waals surface area contributed by atoms with E-state index in [0.29, 0.717) is 6.04 Å². The molecule has 0 fully saturated rings. The molecule has 0 bridgehead atoms. The molecular formula is C14H33N. The van der Waals surface area contributed by atoms with Gasteiger partial charge < -0.3 is 5.32 Å². The average Bonchev–Trinajstić information content (AvgIpc) is 2.24. The summed E-state index contributed by atoms with van der Waals surface area (Å²) in [5.41, 5.74) is 0. The third-order valence-corrected chi connectivity index (χ3v) is 2.33. The molecule has 0 aliphatic rings. The quantitative estimate of drug-likeness (QED) is 0.547. The fraction of sp³-hybridized carbons (Fsp3) is 1.00. The van der Waals surface area contributed by atoms with Crippen LogP contribution >= 0.6 is 0 Å². The highest BCUT2D eigenvalue weighted by Gasteiger charge is 1.92. The summed E-state index contributed by atoms with van der Waals surface area (Å²) >= 11 is 0. The van der Waals surface area contributed by atoms with E-state index < -0.39 is 0 Å². The lowest BCUT2D eigenvalue weighted by Crippen LogP contribution is -2.23. The Balaban J connectivity index is 0. The van der Waals surface area contributed by atoms with Gasteiger partial charge in [0.2, 0.25) is 0 Å². The van der Waals surface area contributed by atoms with Gasteiger partial charge in [0.05, 0.1) is 0 Å². The van der Waals surface area contributed by atoms with E-state index in [1.807, 2.05) is 13.8 Å². The predicted octanol–water partition coefficient (Wildman–Crippen LogP) is 4.76. The molecule has 0 atom stereocenters. The maximum Gasteiger partial charge on any atom is 0.00103 e. The zero-order valence-corrected chi connectivity index (χ0v) is 11.7. The Hall–Kier alpha value is -0.0400. The van der Waals surface area contributed by atoms with Gasteiger partial charge in [0.1, 0.15) is 0 Å². The van der Waals surface area contributed by atoms with Gasteiger partial charge in [-0.25, -0.2) is 0 Å². The first kappa shape index (κ1) is 17.4. The number of hydrogen-bond donors (Lipinski definition) is 1. The zero-order valence-electron chi connectivity index (χ0n) is 11.7. The minimum atomic E-state index is 0.653. The summed E-state index contributed by atoms with van der Waals surface area (Å²) in [6, 6.07) is 0.653. The van der Waals surface area contributed by atoms with Gasteiger partial charge in [-0.15, -0.1) is 0 Å². The van der Waals surface area contributed by atoms with Crippen molar-refractivity contribution in [2.24, 2.45) is 0 Å². The molecule has 0 aliphatic heterocycles. The van der Waals surface area contributed by atoms with Crippen molar-refractivity contribution >= 4 is 0 Å². The highest BCUT2D eigenvalue weighted by Crippen LogP contribution is 2.06. The molecule has 0 radical (unpaired) electrons. The van der Waals surface area contributed by atoms with Gasteiger partial charge in [-0.2, -0.15) is 0 Å². The van der Waals surface area contributed by atoms with Gasteiger partial charge in [-0.3, -0.25) is 0 Å². The molecule has 0 aromatic carbocycles. The van der Waals surface area contributed by atoms with Crippen LogP contribution in [0.1, 0.15) is 79.6 Å². The minimum absolute atomic E-state index is 0.653. The molecule has 0 rings (SSSR count).